The third kappa shape index (κ3) is 6.13. The van der Waals surface area contributed by atoms with Crippen molar-refractivity contribution in [2.24, 2.45) is 0 Å². The molecular formula is C29H25Cl2FN4O5S. The number of ether oxygens (including phenoxy) is 1. The van der Waals surface area contributed by atoms with E-state index >= 15 is 4.39 Å². The average molecular weight is 632 g/mol. The SMILES string of the molecule is CC(OC(=O)Nc1c(Cl)cnn1-c1ccc(-c2ccc(C3(C(=O)NS(C)(=O)=O)CC3)cc2F)cc1)c1ccccc1Cl. The molecule has 0 spiro atoms. The van der Waals surface area contributed by atoms with Gasteiger partial charge in [-0.2, -0.15) is 5.10 Å². The van der Waals surface area contributed by atoms with Gasteiger partial charge in [-0.15, -0.1) is 0 Å². The van der Waals surface area contributed by atoms with E-state index in [9.17, 15) is 18.0 Å². The van der Waals surface area contributed by atoms with Crippen molar-refractivity contribution in [3.05, 3.63) is 99.9 Å². The number of benzene rings is 3. The van der Waals surface area contributed by atoms with Crippen LogP contribution in [0.3, 0.4) is 0 Å². The number of nitrogens with zero attached hydrogens (tertiary/aromatic N) is 2. The number of hydrogen-bond acceptors (Lipinski definition) is 6. The smallest absolute Gasteiger partial charge is 0.413 e. The Labute approximate surface area is 251 Å². The summed E-state index contributed by atoms with van der Waals surface area (Å²) < 4.78 is 47.1. The Hall–Kier alpha value is -3.93. The highest BCUT2D eigenvalue weighted by Gasteiger charge is 2.52. The van der Waals surface area contributed by atoms with E-state index in [0.29, 0.717) is 45.8 Å². The fourth-order valence-corrected chi connectivity index (χ4v) is 5.65. The first-order valence-corrected chi connectivity index (χ1v) is 15.4. The van der Waals surface area contributed by atoms with Gasteiger partial charge in [-0.3, -0.25) is 14.8 Å². The molecule has 4 aromatic rings. The lowest BCUT2D eigenvalue weighted by Crippen LogP contribution is -2.38. The molecule has 1 atom stereocenters. The van der Waals surface area contributed by atoms with Crippen molar-refractivity contribution in [2.75, 3.05) is 11.6 Å². The minimum atomic E-state index is -3.73. The van der Waals surface area contributed by atoms with Crippen LogP contribution in [0.2, 0.25) is 10.0 Å². The monoisotopic (exact) mass is 630 g/mol. The van der Waals surface area contributed by atoms with E-state index in [0.717, 1.165) is 6.26 Å². The van der Waals surface area contributed by atoms with Crippen molar-refractivity contribution in [3.8, 4) is 16.8 Å². The summed E-state index contributed by atoms with van der Waals surface area (Å²) in [7, 11) is -3.73. The molecule has 1 aliphatic rings. The number of anilines is 1. The molecule has 1 fully saturated rings. The Morgan fingerprint density at radius 2 is 1.74 bits per heavy atom. The number of halogens is 3. The van der Waals surface area contributed by atoms with Gasteiger partial charge in [0, 0.05) is 16.1 Å². The van der Waals surface area contributed by atoms with Crippen molar-refractivity contribution in [2.45, 2.75) is 31.3 Å². The molecule has 9 nitrogen and oxygen atoms in total. The normalized spacial score (nSPS) is 14.6. The fraction of sp³-hybridized carbons (Fsp3) is 0.207. The Kier molecular flexibility index (Phi) is 8.02. The van der Waals surface area contributed by atoms with Crippen LogP contribution >= 0.6 is 23.2 Å². The van der Waals surface area contributed by atoms with Crippen LogP contribution in [0.1, 0.15) is 37.0 Å². The van der Waals surface area contributed by atoms with Gasteiger partial charge in [-0.1, -0.05) is 65.7 Å². The number of carbonyl (C=O) groups is 2. The van der Waals surface area contributed by atoms with Crippen LogP contribution in [0.25, 0.3) is 16.8 Å². The molecule has 3 aromatic carbocycles. The molecule has 0 aliphatic heterocycles. The van der Waals surface area contributed by atoms with Gasteiger partial charge in [0.15, 0.2) is 5.82 Å². The quantitative estimate of drug-likeness (QED) is 0.232. The van der Waals surface area contributed by atoms with Crippen molar-refractivity contribution in [1.82, 2.24) is 14.5 Å². The largest absolute Gasteiger partial charge is 0.441 e. The minimum absolute atomic E-state index is 0.178. The lowest BCUT2D eigenvalue weighted by atomic mass is 9.92. The predicted octanol–water partition coefficient (Wildman–Crippen LogP) is 6.40. The number of carbonyl (C=O) groups excluding carboxylic acids is 2. The van der Waals surface area contributed by atoms with Gasteiger partial charge in [-0.05, 0) is 55.2 Å². The van der Waals surface area contributed by atoms with Crippen LogP contribution in [0.5, 0.6) is 0 Å². The fourth-order valence-electron chi connectivity index (χ4n) is 4.66. The minimum Gasteiger partial charge on any atom is -0.441 e. The number of amides is 2. The summed E-state index contributed by atoms with van der Waals surface area (Å²) in [6.45, 7) is 1.69. The predicted molar refractivity (Wildman–Crippen MR) is 158 cm³/mol. The first-order valence-electron chi connectivity index (χ1n) is 12.8. The summed E-state index contributed by atoms with van der Waals surface area (Å²) >= 11 is 12.5. The zero-order valence-electron chi connectivity index (χ0n) is 22.4. The zero-order chi connectivity index (χ0) is 30.2. The third-order valence-electron chi connectivity index (χ3n) is 6.98. The van der Waals surface area contributed by atoms with Gasteiger partial charge in [0.2, 0.25) is 15.9 Å². The third-order valence-corrected chi connectivity index (χ3v) is 8.16. The van der Waals surface area contributed by atoms with Crippen LogP contribution < -0.4 is 10.0 Å². The van der Waals surface area contributed by atoms with Gasteiger partial charge >= 0.3 is 6.09 Å². The van der Waals surface area contributed by atoms with E-state index in [4.69, 9.17) is 27.9 Å². The molecule has 1 aromatic heterocycles. The van der Waals surface area contributed by atoms with E-state index in [-0.39, 0.29) is 10.8 Å². The maximum absolute atomic E-state index is 15.2. The first kappa shape index (κ1) is 29.6. The number of nitrogens with one attached hydrogen (secondary N) is 2. The van der Waals surface area contributed by atoms with E-state index in [1.54, 1.807) is 67.6 Å². The van der Waals surface area contributed by atoms with Crippen LogP contribution in [-0.2, 0) is 25.0 Å². The van der Waals surface area contributed by atoms with Crippen molar-refractivity contribution in [1.29, 1.82) is 0 Å². The van der Waals surface area contributed by atoms with Gasteiger partial charge in [-0.25, -0.2) is 22.3 Å². The maximum Gasteiger partial charge on any atom is 0.413 e. The highest BCUT2D eigenvalue weighted by Crippen LogP contribution is 2.49. The van der Waals surface area contributed by atoms with Gasteiger partial charge in [0.05, 0.1) is 23.6 Å². The Balaban J connectivity index is 1.32. The molecule has 0 bridgehead atoms. The van der Waals surface area contributed by atoms with Crippen LogP contribution in [0.15, 0.2) is 72.9 Å². The molecule has 1 aliphatic carbocycles. The maximum atomic E-state index is 15.2. The number of rotatable bonds is 8. The first-order chi connectivity index (χ1) is 19.9. The Morgan fingerprint density at radius 1 is 1.05 bits per heavy atom. The Bertz CT molecular complexity index is 1790. The molecule has 0 saturated heterocycles. The number of aromatic nitrogens is 2. The highest BCUT2D eigenvalue weighted by atomic mass is 35.5. The topological polar surface area (TPSA) is 119 Å². The molecule has 5 rings (SSSR count). The van der Waals surface area contributed by atoms with Gasteiger partial charge in [0.1, 0.15) is 16.9 Å². The second kappa shape index (κ2) is 11.4. The summed E-state index contributed by atoms with van der Waals surface area (Å²) in [5.41, 5.74) is 1.38. The molecule has 2 amide bonds. The summed E-state index contributed by atoms with van der Waals surface area (Å²) in [5, 5.41) is 7.50. The molecule has 0 radical (unpaired) electrons. The lowest BCUT2D eigenvalue weighted by molar-refractivity contribution is -0.121. The molecular weight excluding hydrogens is 606 g/mol. The highest BCUT2D eigenvalue weighted by molar-refractivity contribution is 7.89. The molecule has 42 heavy (non-hydrogen) atoms. The second-order valence-corrected chi connectivity index (χ2v) is 12.5. The molecule has 1 saturated carbocycles. The van der Waals surface area contributed by atoms with Crippen molar-refractivity contribution < 1.29 is 27.1 Å². The molecule has 1 heterocycles. The van der Waals surface area contributed by atoms with Crippen LogP contribution in [0.4, 0.5) is 15.0 Å². The average Bonchev–Trinajstić information content (AvgIpc) is 3.67. The summed E-state index contributed by atoms with van der Waals surface area (Å²) in [4.78, 5) is 25.2. The number of hydrogen-bond donors (Lipinski definition) is 2. The summed E-state index contributed by atoms with van der Waals surface area (Å²) in [6.07, 6.45) is 1.74. The Morgan fingerprint density at radius 3 is 2.36 bits per heavy atom. The van der Waals surface area contributed by atoms with Crippen molar-refractivity contribution >= 4 is 51.0 Å². The van der Waals surface area contributed by atoms with E-state index in [1.165, 1.54) is 16.9 Å². The van der Waals surface area contributed by atoms with Gasteiger partial charge in [0.25, 0.3) is 0 Å². The van der Waals surface area contributed by atoms with Gasteiger partial charge < -0.3 is 4.74 Å². The van der Waals surface area contributed by atoms with Crippen LogP contribution in [0, 0.1) is 5.82 Å². The summed E-state index contributed by atoms with van der Waals surface area (Å²) in [5.74, 6) is -1.04. The van der Waals surface area contributed by atoms with E-state index in [1.807, 2.05) is 4.72 Å². The zero-order valence-corrected chi connectivity index (χ0v) is 24.7. The van der Waals surface area contributed by atoms with Crippen molar-refractivity contribution in [3.63, 3.8) is 0 Å². The van der Waals surface area contributed by atoms with E-state index < -0.39 is 39.4 Å². The molecule has 1 unspecified atom stereocenters. The second-order valence-electron chi connectivity index (χ2n) is 9.97. The van der Waals surface area contributed by atoms with Crippen LogP contribution in [-0.4, -0.2) is 36.5 Å². The molecule has 218 valence electrons. The standard InChI is InChI=1S/C29H25Cl2FN4O5S/c1-17(21-5-3-4-6-23(21)30)41-28(38)34-26-24(31)16-33-36(26)20-10-7-18(8-11-20)22-12-9-19(15-25(22)32)29(13-14-29)27(37)35-42(2,39)40/h3-12,15-17H,13-14H2,1-2H3,(H,34,38)(H,35,37). The molecule has 2 N–H and O–H groups in total. The molecule has 13 heteroatoms. The summed E-state index contributed by atoms with van der Waals surface area (Å²) in [6, 6.07) is 18.2. The lowest BCUT2D eigenvalue weighted by Gasteiger charge is -2.17. The number of sulfonamides is 1. The van der Waals surface area contributed by atoms with E-state index in [2.05, 4.69) is 10.4 Å².